The molecular weight excluding hydrogens is 471 g/mol. The summed E-state index contributed by atoms with van der Waals surface area (Å²) in [6.07, 6.45) is 0. The molecule has 0 aliphatic carbocycles. The number of alkyl halides is 1. The molecule has 0 saturated carbocycles. The molecule has 0 aliphatic rings. The molecule has 8 heteroatoms. The summed E-state index contributed by atoms with van der Waals surface area (Å²) in [6, 6.07) is 23.2. The number of aromatic nitrogens is 3. The summed E-state index contributed by atoms with van der Waals surface area (Å²) in [7, 11) is 0. The fourth-order valence-electron chi connectivity index (χ4n) is 3.44. The van der Waals surface area contributed by atoms with Crippen molar-refractivity contribution in [3.05, 3.63) is 107 Å². The van der Waals surface area contributed by atoms with Crippen molar-refractivity contribution in [2.75, 3.05) is 0 Å². The number of amides is 1. The van der Waals surface area contributed by atoms with Crippen molar-refractivity contribution in [2.24, 2.45) is 0 Å². The van der Waals surface area contributed by atoms with Gasteiger partial charge in [0.1, 0.15) is 11.2 Å². The topological polar surface area (TPSA) is 59.8 Å². The number of thioether (sulfide) groups is 1. The third-order valence-corrected chi connectivity index (χ3v) is 6.75. The van der Waals surface area contributed by atoms with E-state index in [1.807, 2.05) is 73.0 Å². The lowest BCUT2D eigenvalue weighted by Crippen LogP contribution is -2.31. The molecule has 2 atom stereocenters. The molecule has 1 amide bonds. The first-order chi connectivity index (χ1) is 16.4. The molecule has 174 valence electrons. The molecule has 4 aromatic rings. The smallest absolute Gasteiger partial charge is 0.243 e. The van der Waals surface area contributed by atoms with Gasteiger partial charge in [0, 0.05) is 11.4 Å². The van der Waals surface area contributed by atoms with E-state index in [1.54, 1.807) is 12.1 Å². The maximum Gasteiger partial charge on any atom is 0.243 e. The fraction of sp³-hybridized carbons (Fsp3) is 0.192. The van der Waals surface area contributed by atoms with Gasteiger partial charge in [0.05, 0.1) is 6.04 Å². The van der Waals surface area contributed by atoms with Gasteiger partial charge in [0.15, 0.2) is 11.0 Å². The lowest BCUT2D eigenvalue weighted by molar-refractivity contribution is -0.121. The lowest BCUT2D eigenvalue weighted by Gasteiger charge is -2.18. The summed E-state index contributed by atoms with van der Waals surface area (Å²) in [4.78, 5) is 12.8. The fourth-order valence-corrected chi connectivity index (χ4v) is 4.57. The van der Waals surface area contributed by atoms with Crippen molar-refractivity contribution in [1.82, 2.24) is 20.1 Å². The van der Waals surface area contributed by atoms with Crippen LogP contribution in [0.25, 0.3) is 5.69 Å². The minimum absolute atomic E-state index is 0.267. The van der Waals surface area contributed by atoms with Crippen LogP contribution in [0.2, 0.25) is 0 Å². The molecule has 0 radical (unpaired) electrons. The molecule has 5 nitrogen and oxygen atoms in total. The van der Waals surface area contributed by atoms with Crippen LogP contribution in [0.4, 0.5) is 4.39 Å². The Labute approximate surface area is 207 Å². The second-order valence-corrected chi connectivity index (χ2v) is 9.31. The van der Waals surface area contributed by atoms with Gasteiger partial charge in [-0.3, -0.25) is 9.36 Å². The Hall–Kier alpha value is -3.16. The summed E-state index contributed by atoms with van der Waals surface area (Å²) >= 11 is 7.90. The number of nitrogens with one attached hydrogen (secondary N) is 1. The number of carbonyl (C=O) groups is 1. The molecule has 0 saturated heterocycles. The first kappa shape index (κ1) is 24.0. The summed E-state index contributed by atoms with van der Waals surface area (Å²) in [6.45, 7) is 3.88. The van der Waals surface area contributed by atoms with Crippen molar-refractivity contribution in [2.45, 2.75) is 36.2 Å². The van der Waals surface area contributed by atoms with E-state index >= 15 is 0 Å². The number of hydrogen-bond donors (Lipinski definition) is 1. The predicted molar refractivity (Wildman–Crippen MR) is 134 cm³/mol. The van der Waals surface area contributed by atoms with Crippen LogP contribution < -0.4 is 5.32 Å². The Bertz CT molecular complexity index is 1250. The summed E-state index contributed by atoms with van der Waals surface area (Å²) in [5.74, 6) is 0.620. The Morgan fingerprint density at radius 3 is 2.38 bits per heavy atom. The third-order valence-electron chi connectivity index (χ3n) is 5.30. The Morgan fingerprint density at radius 1 is 1.03 bits per heavy atom. The number of rotatable bonds is 8. The number of benzene rings is 3. The normalized spacial score (nSPS) is 12.8. The second kappa shape index (κ2) is 10.8. The average molecular weight is 495 g/mol. The van der Waals surface area contributed by atoms with Gasteiger partial charge in [-0.2, -0.15) is 0 Å². The Kier molecular flexibility index (Phi) is 7.65. The van der Waals surface area contributed by atoms with Gasteiger partial charge in [-0.05, 0) is 49.2 Å². The van der Waals surface area contributed by atoms with Crippen molar-refractivity contribution in [3.8, 4) is 5.69 Å². The Morgan fingerprint density at radius 2 is 1.71 bits per heavy atom. The number of halogens is 2. The van der Waals surface area contributed by atoms with E-state index in [1.165, 1.54) is 23.9 Å². The summed E-state index contributed by atoms with van der Waals surface area (Å²) < 4.78 is 15.2. The van der Waals surface area contributed by atoms with E-state index in [4.69, 9.17) is 11.6 Å². The minimum atomic E-state index is -0.813. The zero-order valence-corrected chi connectivity index (χ0v) is 20.4. The maximum absolute atomic E-state index is 13.3. The SMILES string of the molecule is Cc1ccc(-n2c(SCc3ccc(F)cc3)nnc2C(C)NC(=O)C(Cl)c2ccccc2)cc1. The van der Waals surface area contributed by atoms with Gasteiger partial charge < -0.3 is 5.32 Å². The van der Waals surface area contributed by atoms with E-state index in [2.05, 4.69) is 15.5 Å². The van der Waals surface area contributed by atoms with Crippen LogP contribution in [-0.4, -0.2) is 20.7 Å². The lowest BCUT2D eigenvalue weighted by atomic mass is 10.1. The average Bonchev–Trinajstić information content (AvgIpc) is 3.28. The zero-order valence-electron chi connectivity index (χ0n) is 18.8. The van der Waals surface area contributed by atoms with Crippen LogP contribution in [0, 0.1) is 12.7 Å². The van der Waals surface area contributed by atoms with Gasteiger partial charge in [-0.1, -0.05) is 71.9 Å². The third kappa shape index (κ3) is 5.66. The highest BCUT2D eigenvalue weighted by atomic mass is 35.5. The predicted octanol–water partition coefficient (Wildman–Crippen LogP) is 6.16. The van der Waals surface area contributed by atoms with Crippen molar-refractivity contribution < 1.29 is 9.18 Å². The number of nitrogens with zero attached hydrogens (tertiary/aromatic N) is 3. The van der Waals surface area contributed by atoms with Crippen LogP contribution in [0.1, 0.15) is 40.9 Å². The van der Waals surface area contributed by atoms with Gasteiger partial charge in [-0.15, -0.1) is 21.8 Å². The minimum Gasteiger partial charge on any atom is -0.345 e. The van der Waals surface area contributed by atoms with Crippen LogP contribution in [0.15, 0.2) is 84.0 Å². The number of aryl methyl sites for hydroxylation is 1. The second-order valence-electron chi connectivity index (χ2n) is 7.93. The molecule has 34 heavy (non-hydrogen) atoms. The molecular formula is C26H24ClFN4OS. The van der Waals surface area contributed by atoms with Gasteiger partial charge in [0.2, 0.25) is 5.91 Å². The summed E-state index contributed by atoms with van der Waals surface area (Å²) in [5, 5.41) is 11.6. The van der Waals surface area contributed by atoms with Crippen molar-refractivity contribution >= 4 is 29.3 Å². The Balaban J connectivity index is 1.58. The molecule has 3 aromatic carbocycles. The van der Waals surface area contributed by atoms with Crippen molar-refractivity contribution in [3.63, 3.8) is 0 Å². The first-order valence-corrected chi connectivity index (χ1v) is 12.2. The van der Waals surface area contributed by atoms with E-state index in [0.29, 0.717) is 16.7 Å². The molecule has 1 aromatic heterocycles. The molecule has 0 bridgehead atoms. The van der Waals surface area contributed by atoms with Gasteiger partial charge in [-0.25, -0.2) is 4.39 Å². The molecule has 1 heterocycles. The van der Waals surface area contributed by atoms with Crippen LogP contribution in [0.3, 0.4) is 0 Å². The van der Waals surface area contributed by atoms with Crippen LogP contribution in [-0.2, 0) is 10.5 Å². The highest BCUT2D eigenvalue weighted by Crippen LogP contribution is 2.29. The molecule has 0 spiro atoms. The number of hydrogen-bond acceptors (Lipinski definition) is 4. The molecule has 0 fully saturated rings. The molecule has 4 rings (SSSR count). The first-order valence-electron chi connectivity index (χ1n) is 10.8. The van der Waals surface area contributed by atoms with Crippen LogP contribution >= 0.6 is 23.4 Å². The van der Waals surface area contributed by atoms with Crippen LogP contribution in [0.5, 0.6) is 0 Å². The van der Waals surface area contributed by atoms with E-state index in [-0.39, 0.29) is 11.7 Å². The molecule has 1 N–H and O–H groups in total. The van der Waals surface area contributed by atoms with E-state index in [9.17, 15) is 9.18 Å². The standard InChI is InChI=1S/C26H24ClFN4OS/c1-17-8-14-22(15-9-17)32-24(18(2)29-25(33)23(27)20-6-4-3-5-7-20)30-31-26(32)34-16-19-10-12-21(28)13-11-19/h3-15,18,23H,16H2,1-2H3,(H,29,33). The largest absolute Gasteiger partial charge is 0.345 e. The zero-order chi connectivity index (χ0) is 24.1. The highest BCUT2D eigenvalue weighted by molar-refractivity contribution is 7.98. The van der Waals surface area contributed by atoms with Gasteiger partial charge >= 0.3 is 0 Å². The quantitative estimate of drug-likeness (QED) is 0.235. The van der Waals surface area contributed by atoms with Gasteiger partial charge in [0.25, 0.3) is 0 Å². The van der Waals surface area contributed by atoms with E-state index in [0.717, 1.165) is 22.4 Å². The summed E-state index contributed by atoms with van der Waals surface area (Å²) in [5.41, 5.74) is 3.72. The van der Waals surface area contributed by atoms with E-state index < -0.39 is 11.4 Å². The highest BCUT2D eigenvalue weighted by Gasteiger charge is 2.24. The molecule has 0 aliphatic heterocycles. The number of carbonyl (C=O) groups excluding carboxylic acids is 1. The molecule has 2 unspecified atom stereocenters. The maximum atomic E-state index is 13.3. The van der Waals surface area contributed by atoms with Crippen molar-refractivity contribution in [1.29, 1.82) is 0 Å². The monoisotopic (exact) mass is 494 g/mol.